The van der Waals surface area contributed by atoms with Gasteiger partial charge in [0.25, 0.3) is 5.91 Å². The van der Waals surface area contributed by atoms with Crippen LogP contribution in [-0.4, -0.2) is 34.1 Å². The zero-order valence-electron chi connectivity index (χ0n) is 12.5. The number of rotatable bonds is 5. The molecule has 0 radical (unpaired) electrons. The predicted molar refractivity (Wildman–Crippen MR) is 80.5 cm³/mol. The molecule has 110 valence electrons. The monoisotopic (exact) mass is 285 g/mol. The van der Waals surface area contributed by atoms with Gasteiger partial charge < -0.3 is 9.64 Å². The van der Waals surface area contributed by atoms with E-state index in [2.05, 4.69) is 10.2 Å². The van der Waals surface area contributed by atoms with Gasteiger partial charge in [0.2, 0.25) is 5.88 Å². The van der Waals surface area contributed by atoms with Crippen LogP contribution < -0.4 is 4.74 Å². The lowest BCUT2D eigenvalue weighted by Gasteiger charge is -2.18. The van der Waals surface area contributed by atoms with Crippen LogP contribution in [0.15, 0.2) is 36.4 Å². The molecule has 0 aliphatic rings. The van der Waals surface area contributed by atoms with Crippen LogP contribution in [0, 0.1) is 6.92 Å². The normalized spacial score (nSPS) is 10.2. The molecular formula is C16H19N3O2. The van der Waals surface area contributed by atoms with E-state index in [1.165, 1.54) is 0 Å². The lowest BCUT2D eigenvalue weighted by Crippen LogP contribution is -2.30. The van der Waals surface area contributed by atoms with Gasteiger partial charge in [0, 0.05) is 24.7 Å². The summed E-state index contributed by atoms with van der Waals surface area (Å²) >= 11 is 0. The number of hydrogen-bond acceptors (Lipinski definition) is 4. The SMILES string of the molecule is CCN(CC)C(=O)c1ccc(Oc2ccc(C)nn2)cc1. The van der Waals surface area contributed by atoms with E-state index in [0.29, 0.717) is 30.3 Å². The maximum absolute atomic E-state index is 12.2. The number of hydrogen-bond donors (Lipinski definition) is 0. The quantitative estimate of drug-likeness (QED) is 0.847. The molecule has 0 fully saturated rings. The molecule has 1 amide bonds. The van der Waals surface area contributed by atoms with Gasteiger partial charge in [0.05, 0.1) is 5.69 Å². The summed E-state index contributed by atoms with van der Waals surface area (Å²) < 4.78 is 5.58. The highest BCUT2D eigenvalue weighted by molar-refractivity contribution is 5.94. The Kier molecular flexibility index (Phi) is 4.87. The lowest BCUT2D eigenvalue weighted by molar-refractivity contribution is 0.0773. The Hall–Kier alpha value is -2.43. The summed E-state index contributed by atoms with van der Waals surface area (Å²) in [6.45, 7) is 7.20. The first-order chi connectivity index (χ1) is 10.1. The zero-order valence-corrected chi connectivity index (χ0v) is 12.5. The van der Waals surface area contributed by atoms with E-state index in [9.17, 15) is 4.79 Å². The topological polar surface area (TPSA) is 55.3 Å². The molecule has 21 heavy (non-hydrogen) atoms. The summed E-state index contributed by atoms with van der Waals surface area (Å²) in [6.07, 6.45) is 0. The first-order valence-corrected chi connectivity index (χ1v) is 7.01. The number of carbonyl (C=O) groups excluding carboxylic acids is 1. The Bertz CT molecular complexity index is 590. The second-order valence-electron chi connectivity index (χ2n) is 4.62. The highest BCUT2D eigenvalue weighted by atomic mass is 16.5. The van der Waals surface area contributed by atoms with Gasteiger partial charge in [-0.15, -0.1) is 5.10 Å². The number of carbonyl (C=O) groups is 1. The molecule has 0 unspecified atom stereocenters. The Morgan fingerprint density at radius 1 is 1.05 bits per heavy atom. The van der Waals surface area contributed by atoms with Crippen molar-refractivity contribution >= 4 is 5.91 Å². The third kappa shape index (κ3) is 3.78. The van der Waals surface area contributed by atoms with Gasteiger partial charge in [-0.1, -0.05) is 0 Å². The molecule has 5 heteroatoms. The van der Waals surface area contributed by atoms with Crippen molar-refractivity contribution in [2.24, 2.45) is 0 Å². The molecule has 0 bridgehead atoms. The average Bonchev–Trinajstić information content (AvgIpc) is 2.51. The third-order valence-corrected chi connectivity index (χ3v) is 3.15. The summed E-state index contributed by atoms with van der Waals surface area (Å²) in [5.41, 5.74) is 1.49. The highest BCUT2D eigenvalue weighted by Gasteiger charge is 2.12. The fourth-order valence-electron chi connectivity index (χ4n) is 1.92. The predicted octanol–water partition coefficient (Wildman–Crippen LogP) is 3.06. The van der Waals surface area contributed by atoms with Gasteiger partial charge in [0.1, 0.15) is 5.75 Å². The first kappa shape index (κ1) is 15.0. The molecule has 5 nitrogen and oxygen atoms in total. The Morgan fingerprint density at radius 2 is 1.71 bits per heavy atom. The minimum atomic E-state index is 0.0293. The van der Waals surface area contributed by atoms with Crippen LogP contribution in [0.5, 0.6) is 11.6 Å². The zero-order chi connectivity index (χ0) is 15.2. The Balaban J connectivity index is 2.08. The molecule has 0 aliphatic heterocycles. The minimum Gasteiger partial charge on any atom is -0.438 e. The van der Waals surface area contributed by atoms with E-state index in [4.69, 9.17) is 4.74 Å². The van der Waals surface area contributed by atoms with Crippen LogP contribution in [0.2, 0.25) is 0 Å². The summed E-state index contributed by atoms with van der Waals surface area (Å²) in [7, 11) is 0. The van der Waals surface area contributed by atoms with E-state index in [0.717, 1.165) is 5.69 Å². The van der Waals surface area contributed by atoms with Gasteiger partial charge in [0.15, 0.2) is 0 Å². The number of amides is 1. The fraction of sp³-hybridized carbons (Fsp3) is 0.312. The van der Waals surface area contributed by atoms with Crippen molar-refractivity contribution in [3.8, 4) is 11.6 Å². The number of benzene rings is 1. The van der Waals surface area contributed by atoms with Gasteiger partial charge in [-0.05, 0) is 51.1 Å². The Labute approximate surface area is 124 Å². The molecule has 2 rings (SSSR count). The summed E-state index contributed by atoms with van der Waals surface area (Å²) in [4.78, 5) is 14.0. The molecule has 1 heterocycles. The third-order valence-electron chi connectivity index (χ3n) is 3.15. The van der Waals surface area contributed by atoms with E-state index in [1.54, 1.807) is 35.2 Å². The van der Waals surface area contributed by atoms with Crippen LogP contribution in [0.3, 0.4) is 0 Å². The molecule has 0 atom stereocenters. The van der Waals surface area contributed by atoms with E-state index in [1.807, 2.05) is 26.8 Å². The summed E-state index contributed by atoms with van der Waals surface area (Å²) in [5.74, 6) is 1.09. The maximum atomic E-state index is 12.2. The van der Waals surface area contributed by atoms with Crippen LogP contribution in [-0.2, 0) is 0 Å². The summed E-state index contributed by atoms with van der Waals surface area (Å²) in [5, 5.41) is 7.87. The standard InChI is InChI=1S/C16H19N3O2/c1-4-19(5-2)16(20)13-7-9-14(10-8-13)21-15-11-6-12(3)17-18-15/h6-11H,4-5H2,1-3H3. The van der Waals surface area contributed by atoms with Crippen molar-refractivity contribution in [2.75, 3.05) is 13.1 Å². The van der Waals surface area contributed by atoms with Crippen LogP contribution in [0.1, 0.15) is 29.9 Å². The lowest BCUT2D eigenvalue weighted by atomic mass is 10.2. The van der Waals surface area contributed by atoms with Gasteiger partial charge in [-0.3, -0.25) is 4.79 Å². The molecule has 0 saturated carbocycles. The molecule has 1 aromatic carbocycles. The number of nitrogens with zero attached hydrogens (tertiary/aromatic N) is 3. The molecule has 0 N–H and O–H groups in total. The number of aromatic nitrogens is 2. The highest BCUT2D eigenvalue weighted by Crippen LogP contribution is 2.19. The second-order valence-corrected chi connectivity index (χ2v) is 4.62. The smallest absolute Gasteiger partial charge is 0.253 e. The van der Waals surface area contributed by atoms with E-state index < -0.39 is 0 Å². The van der Waals surface area contributed by atoms with Crippen LogP contribution >= 0.6 is 0 Å². The molecular weight excluding hydrogens is 266 g/mol. The number of aryl methyl sites for hydroxylation is 1. The van der Waals surface area contributed by atoms with Crippen LogP contribution in [0.4, 0.5) is 0 Å². The van der Waals surface area contributed by atoms with Crippen molar-refractivity contribution in [2.45, 2.75) is 20.8 Å². The largest absolute Gasteiger partial charge is 0.438 e. The molecule has 0 spiro atoms. The molecule has 0 saturated heterocycles. The molecule has 1 aromatic heterocycles. The molecule has 0 aliphatic carbocycles. The van der Waals surface area contributed by atoms with Gasteiger partial charge in [-0.2, -0.15) is 5.10 Å². The molecule has 2 aromatic rings. The van der Waals surface area contributed by atoms with Crippen LogP contribution in [0.25, 0.3) is 0 Å². The van der Waals surface area contributed by atoms with Gasteiger partial charge in [-0.25, -0.2) is 0 Å². The van der Waals surface area contributed by atoms with Gasteiger partial charge >= 0.3 is 0 Å². The first-order valence-electron chi connectivity index (χ1n) is 7.01. The van der Waals surface area contributed by atoms with Crippen molar-refractivity contribution in [3.63, 3.8) is 0 Å². The minimum absolute atomic E-state index is 0.0293. The van der Waals surface area contributed by atoms with E-state index in [-0.39, 0.29) is 5.91 Å². The van der Waals surface area contributed by atoms with Crippen molar-refractivity contribution < 1.29 is 9.53 Å². The van der Waals surface area contributed by atoms with Crippen molar-refractivity contribution in [1.82, 2.24) is 15.1 Å². The van der Waals surface area contributed by atoms with Crippen molar-refractivity contribution in [3.05, 3.63) is 47.7 Å². The average molecular weight is 285 g/mol. The maximum Gasteiger partial charge on any atom is 0.253 e. The van der Waals surface area contributed by atoms with E-state index >= 15 is 0 Å². The summed E-state index contributed by atoms with van der Waals surface area (Å²) in [6, 6.07) is 10.6. The Morgan fingerprint density at radius 3 is 2.24 bits per heavy atom. The fourth-order valence-corrected chi connectivity index (χ4v) is 1.92. The number of ether oxygens (including phenoxy) is 1. The second kappa shape index (κ2) is 6.83. The van der Waals surface area contributed by atoms with Crippen molar-refractivity contribution in [1.29, 1.82) is 0 Å².